The van der Waals surface area contributed by atoms with Crippen LogP contribution in [-0.4, -0.2) is 33.5 Å². The van der Waals surface area contributed by atoms with Crippen LogP contribution in [0, 0.1) is 6.92 Å². The number of aryl methyl sites for hydroxylation is 2. The van der Waals surface area contributed by atoms with Crippen molar-refractivity contribution in [2.24, 2.45) is 0 Å². The fourth-order valence-electron chi connectivity index (χ4n) is 3.77. The molecule has 0 atom stereocenters. The van der Waals surface area contributed by atoms with Gasteiger partial charge in [0.15, 0.2) is 11.0 Å². The molecule has 0 aliphatic heterocycles. The summed E-state index contributed by atoms with van der Waals surface area (Å²) >= 11 is 1.39. The molecule has 0 radical (unpaired) electrons. The summed E-state index contributed by atoms with van der Waals surface area (Å²) in [6, 6.07) is 24.0. The molecule has 174 valence electrons. The minimum absolute atomic E-state index is 0.0609. The van der Waals surface area contributed by atoms with E-state index in [1.165, 1.54) is 11.8 Å². The van der Waals surface area contributed by atoms with E-state index in [0.29, 0.717) is 11.7 Å². The number of carbonyl (C=O) groups excluding carboxylic acids is 1. The molecule has 1 aromatic heterocycles. The van der Waals surface area contributed by atoms with E-state index in [1.54, 1.807) is 7.11 Å². The Morgan fingerprint density at radius 3 is 2.47 bits per heavy atom. The Morgan fingerprint density at radius 1 is 1.00 bits per heavy atom. The van der Waals surface area contributed by atoms with Gasteiger partial charge in [-0.1, -0.05) is 67.2 Å². The lowest BCUT2D eigenvalue weighted by Crippen LogP contribution is -2.17. The maximum Gasteiger partial charge on any atom is 0.234 e. The monoisotopic (exact) mass is 472 g/mol. The highest BCUT2D eigenvalue weighted by molar-refractivity contribution is 7.99. The summed E-state index contributed by atoms with van der Waals surface area (Å²) in [6.07, 6.45) is 0.862. The van der Waals surface area contributed by atoms with Crippen molar-refractivity contribution in [2.45, 2.75) is 32.0 Å². The number of methoxy groups -OCH3 is 1. The zero-order chi connectivity index (χ0) is 23.9. The van der Waals surface area contributed by atoms with Crippen LogP contribution in [0.5, 0.6) is 5.75 Å². The lowest BCUT2D eigenvalue weighted by Gasteiger charge is -2.13. The molecular formula is C27H28N4O2S. The molecule has 0 fully saturated rings. The zero-order valence-electron chi connectivity index (χ0n) is 19.6. The van der Waals surface area contributed by atoms with Gasteiger partial charge in [-0.3, -0.25) is 9.36 Å². The molecule has 0 aliphatic rings. The van der Waals surface area contributed by atoms with Gasteiger partial charge in [-0.25, -0.2) is 0 Å². The van der Waals surface area contributed by atoms with Crippen LogP contribution in [0.4, 0.5) is 5.69 Å². The van der Waals surface area contributed by atoms with E-state index in [-0.39, 0.29) is 11.7 Å². The molecule has 1 N–H and O–H groups in total. The molecule has 1 heterocycles. The van der Waals surface area contributed by atoms with E-state index in [9.17, 15) is 4.79 Å². The maximum atomic E-state index is 12.8. The van der Waals surface area contributed by atoms with Crippen molar-refractivity contribution in [3.05, 3.63) is 89.5 Å². The Labute approximate surface area is 204 Å². The molecule has 0 bridgehead atoms. The van der Waals surface area contributed by atoms with E-state index in [0.717, 1.165) is 45.9 Å². The first kappa shape index (κ1) is 23.6. The van der Waals surface area contributed by atoms with Crippen molar-refractivity contribution in [2.75, 3.05) is 18.2 Å². The maximum absolute atomic E-state index is 12.8. The first-order chi connectivity index (χ1) is 16.6. The van der Waals surface area contributed by atoms with Crippen LogP contribution in [0.2, 0.25) is 0 Å². The highest BCUT2D eigenvalue weighted by Crippen LogP contribution is 2.27. The predicted molar refractivity (Wildman–Crippen MR) is 137 cm³/mol. The number of nitrogens with zero attached hydrogens (tertiary/aromatic N) is 3. The van der Waals surface area contributed by atoms with Gasteiger partial charge in [-0.05, 0) is 54.3 Å². The summed E-state index contributed by atoms with van der Waals surface area (Å²) in [7, 11) is 1.65. The van der Waals surface area contributed by atoms with Crippen LogP contribution < -0.4 is 10.1 Å². The molecule has 3 aromatic carbocycles. The SMILES string of the molecule is CCc1cccc(C)c1NC(=O)CSc1nnc(-c2ccc(OC)cc2)n1Cc1ccccc1. The predicted octanol–water partition coefficient (Wildman–Crippen LogP) is 5.60. The lowest BCUT2D eigenvalue weighted by molar-refractivity contribution is -0.113. The number of anilines is 1. The molecule has 4 rings (SSSR count). The van der Waals surface area contributed by atoms with Gasteiger partial charge < -0.3 is 10.1 Å². The van der Waals surface area contributed by atoms with Gasteiger partial charge in [-0.2, -0.15) is 0 Å². The number of hydrogen-bond donors (Lipinski definition) is 1. The molecule has 4 aromatic rings. The van der Waals surface area contributed by atoms with E-state index >= 15 is 0 Å². The number of ether oxygens (including phenoxy) is 1. The summed E-state index contributed by atoms with van der Waals surface area (Å²) < 4.78 is 7.34. The molecule has 1 amide bonds. The Bertz CT molecular complexity index is 1250. The third kappa shape index (κ3) is 5.48. The van der Waals surface area contributed by atoms with Crippen molar-refractivity contribution in [1.29, 1.82) is 0 Å². The van der Waals surface area contributed by atoms with E-state index < -0.39 is 0 Å². The van der Waals surface area contributed by atoms with Crippen LogP contribution in [0.1, 0.15) is 23.6 Å². The summed E-state index contributed by atoms with van der Waals surface area (Å²) in [5, 5.41) is 12.7. The highest BCUT2D eigenvalue weighted by atomic mass is 32.2. The zero-order valence-corrected chi connectivity index (χ0v) is 20.4. The number of para-hydroxylation sites is 1. The minimum atomic E-state index is -0.0609. The Hall–Kier alpha value is -3.58. The number of hydrogen-bond acceptors (Lipinski definition) is 5. The number of nitrogens with one attached hydrogen (secondary N) is 1. The molecule has 0 saturated carbocycles. The van der Waals surface area contributed by atoms with Crippen molar-refractivity contribution >= 4 is 23.4 Å². The molecule has 0 unspecified atom stereocenters. The van der Waals surface area contributed by atoms with Crippen molar-refractivity contribution in [3.8, 4) is 17.1 Å². The van der Waals surface area contributed by atoms with Gasteiger partial charge in [0.2, 0.25) is 5.91 Å². The fraction of sp³-hybridized carbons (Fsp3) is 0.222. The summed E-state index contributed by atoms with van der Waals surface area (Å²) in [4.78, 5) is 12.8. The molecule has 0 spiro atoms. The smallest absolute Gasteiger partial charge is 0.234 e. The van der Waals surface area contributed by atoms with E-state index in [4.69, 9.17) is 4.74 Å². The minimum Gasteiger partial charge on any atom is -0.497 e. The van der Waals surface area contributed by atoms with E-state index in [1.807, 2.05) is 67.6 Å². The third-order valence-corrected chi connectivity index (χ3v) is 6.55. The third-order valence-electron chi connectivity index (χ3n) is 5.59. The van der Waals surface area contributed by atoms with Gasteiger partial charge in [0, 0.05) is 11.3 Å². The molecule has 7 heteroatoms. The number of benzene rings is 3. The van der Waals surface area contributed by atoms with Gasteiger partial charge in [0.1, 0.15) is 5.75 Å². The number of thioether (sulfide) groups is 1. The van der Waals surface area contributed by atoms with Gasteiger partial charge in [0.25, 0.3) is 0 Å². The van der Waals surface area contributed by atoms with Gasteiger partial charge in [-0.15, -0.1) is 10.2 Å². The largest absolute Gasteiger partial charge is 0.497 e. The van der Waals surface area contributed by atoms with Gasteiger partial charge in [0.05, 0.1) is 19.4 Å². The van der Waals surface area contributed by atoms with Crippen LogP contribution in [-0.2, 0) is 17.8 Å². The average Bonchev–Trinajstić information content (AvgIpc) is 3.26. The number of amides is 1. The van der Waals surface area contributed by atoms with Crippen LogP contribution in [0.25, 0.3) is 11.4 Å². The Kier molecular flexibility index (Phi) is 7.65. The van der Waals surface area contributed by atoms with Crippen molar-refractivity contribution < 1.29 is 9.53 Å². The quantitative estimate of drug-likeness (QED) is 0.321. The number of aromatic nitrogens is 3. The normalized spacial score (nSPS) is 10.8. The van der Waals surface area contributed by atoms with Crippen molar-refractivity contribution in [1.82, 2.24) is 14.8 Å². The molecule has 34 heavy (non-hydrogen) atoms. The highest BCUT2D eigenvalue weighted by Gasteiger charge is 2.17. The number of rotatable bonds is 9. The first-order valence-electron chi connectivity index (χ1n) is 11.2. The van der Waals surface area contributed by atoms with E-state index in [2.05, 4.69) is 39.1 Å². The molecule has 6 nitrogen and oxygen atoms in total. The van der Waals surface area contributed by atoms with Crippen LogP contribution in [0.15, 0.2) is 78.0 Å². The molecule has 0 aliphatic carbocycles. The van der Waals surface area contributed by atoms with Gasteiger partial charge >= 0.3 is 0 Å². The molecular weight excluding hydrogens is 444 g/mol. The van der Waals surface area contributed by atoms with Crippen LogP contribution >= 0.6 is 11.8 Å². The standard InChI is InChI=1S/C27H28N4O2S/c1-4-21-12-8-9-19(2)25(21)28-24(32)18-34-27-30-29-26(22-13-15-23(33-3)16-14-22)31(27)17-20-10-6-5-7-11-20/h5-16H,4,17-18H2,1-3H3,(H,28,32). The topological polar surface area (TPSA) is 69.0 Å². The molecule has 0 saturated heterocycles. The summed E-state index contributed by atoms with van der Waals surface area (Å²) in [5.41, 5.74) is 5.17. The van der Waals surface area contributed by atoms with Crippen molar-refractivity contribution in [3.63, 3.8) is 0 Å². The lowest BCUT2D eigenvalue weighted by atomic mass is 10.1. The summed E-state index contributed by atoms with van der Waals surface area (Å²) in [5.74, 6) is 1.72. The fourth-order valence-corrected chi connectivity index (χ4v) is 4.50. The second-order valence-electron chi connectivity index (χ2n) is 7.91. The first-order valence-corrected chi connectivity index (χ1v) is 12.2. The second-order valence-corrected chi connectivity index (χ2v) is 8.85. The van der Waals surface area contributed by atoms with Crippen LogP contribution in [0.3, 0.4) is 0 Å². The Balaban J connectivity index is 1.56. The summed E-state index contributed by atoms with van der Waals surface area (Å²) in [6.45, 7) is 4.71. The number of carbonyl (C=O) groups is 1. The second kappa shape index (κ2) is 11.0. The average molecular weight is 473 g/mol. The Morgan fingerprint density at radius 2 is 1.76 bits per heavy atom.